The van der Waals surface area contributed by atoms with E-state index < -0.39 is 0 Å². The Morgan fingerprint density at radius 3 is 1.95 bits per heavy atom. The van der Waals surface area contributed by atoms with Crippen molar-refractivity contribution in [1.82, 2.24) is 10.6 Å². The summed E-state index contributed by atoms with van der Waals surface area (Å²) < 4.78 is 0. The molecule has 1 saturated carbocycles. The molecule has 1 saturated heterocycles. The first-order chi connectivity index (χ1) is 9.38. The molecule has 19 heavy (non-hydrogen) atoms. The molecule has 106 valence electrons. The minimum absolute atomic E-state index is 0.115. The maximum Gasteiger partial charge on any atom is 0.0608 e. The van der Waals surface area contributed by atoms with Crippen LogP contribution >= 0.6 is 0 Å². The van der Waals surface area contributed by atoms with Crippen molar-refractivity contribution >= 4 is 0 Å². The van der Waals surface area contributed by atoms with Gasteiger partial charge in [0.15, 0.2) is 0 Å². The first-order valence-electron chi connectivity index (χ1n) is 7.52. The van der Waals surface area contributed by atoms with Gasteiger partial charge in [-0.2, -0.15) is 0 Å². The number of piperazine rings is 1. The highest BCUT2D eigenvalue weighted by atomic mass is 16.3. The van der Waals surface area contributed by atoms with E-state index >= 15 is 0 Å². The second kappa shape index (κ2) is 8.31. The summed E-state index contributed by atoms with van der Waals surface area (Å²) in [6, 6.07) is 10.4. The summed E-state index contributed by atoms with van der Waals surface area (Å²) in [7, 11) is 0. The molecule has 2 fully saturated rings. The van der Waals surface area contributed by atoms with Crippen LogP contribution in [0.3, 0.4) is 0 Å². The summed E-state index contributed by atoms with van der Waals surface area (Å²) in [6.45, 7) is 4.56. The van der Waals surface area contributed by atoms with E-state index in [1.165, 1.54) is 18.4 Å². The molecular formula is C16H26N2O. The quantitative estimate of drug-likeness (QED) is 0.724. The first kappa shape index (κ1) is 14.5. The Morgan fingerprint density at radius 2 is 1.42 bits per heavy atom. The molecule has 1 heterocycles. The molecule has 1 aliphatic carbocycles. The molecule has 0 unspecified atom stereocenters. The molecule has 1 aromatic carbocycles. The van der Waals surface area contributed by atoms with Gasteiger partial charge in [-0.3, -0.25) is 0 Å². The summed E-state index contributed by atoms with van der Waals surface area (Å²) in [6.07, 6.45) is 4.45. The van der Waals surface area contributed by atoms with Gasteiger partial charge in [0.05, 0.1) is 6.10 Å². The number of aliphatic hydroxyl groups excluding tert-OH is 1. The Balaban J connectivity index is 0.000000186. The highest BCUT2D eigenvalue weighted by Gasteiger charge is 2.23. The molecule has 3 N–H and O–H groups in total. The highest BCUT2D eigenvalue weighted by Crippen LogP contribution is 2.32. The number of benzene rings is 1. The van der Waals surface area contributed by atoms with E-state index in [-0.39, 0.29) is 6.10 Å². The fourth-order valence-electron chi connectivity index (χ4n) is 2.80. The summed E-state index contributed by atoms with van der Waals surface area (Å²) in [5.74, 6) is 0.384. The fraction of sp³-hybridized carbons (Fsp3) is 0.625. The van der Waals surface area contributed by atoms with Crippen molar-refractivity contribution < 1.29 is 5.11 Å². The molecule has 0 spiro atoms. The van der Waals surface area contributed by atoms with Gasteiger partial charge in [0.1, 0.15) is 0 Å². The minimum atomic E-state index is -0.115. The SMILES string of the molecule is C1CNCCN1.O[C@@H]1CCCC[C@H]1c1ccccc1. The zero-order valence-electron chi connectivity index (χ0n) is 11.6. The molecule has 2 aliphatic rings. The average Bonchev–Trinajstić information content (AvgIpc) is 2.51. The van der Waals surface area contributed by atoms with Crippen LogP contribution in [0.25, 0.3) is 0 Å². The van der Waals surface area contributed by atoms with Crippen molar-refractivity contribution in [2.75, 3.05) is 26.2 Å². The van der Waals surface area contributed by atoms with E-state index in [9.17, 15) is 5.11 Å². The van der Waals surface area contributed by atoms with Crippen LogP contribution in [0.15, 0.2) is 30.3 Å². The largest absolute Gasteiger partial charge is 0.392 e. The standard InChI is InChI=1S/C12H16O.C4H10N2/c13-12-9-5-4-8-11(12)10-6-2-1-3-7-10;1-2-6-4-3-5-1/h1-3,6-7,11-13H,4-5,8-9H2;5-6H,1-4H2/t11-,12+;/m0./s1. The molecule has 3 heteroatoms. The lowest BCUT2D eigenvalue weighted by Gasteiger charge is -2.27. The van der Waals surface area contributed by atoms with Gasteiger partial charge in [-0.1, -0.05) is 43.2 Å². The van der Waals surface area contributed by atoms with Gasteiger partial charge in [-0.25, -0.2) is 0 Å². The van der Waals surface area contributed by atoms with Crippen LogP contribution in [0.5, 0.6) is 0 Å². The lowest BCUT2D eigenvalue weighted by molar-refractivity contribution is 0.106. The third-order valence-electron chi connectivity index (χ3n) is 3.91. The molecule has 0 amide bonds. The van der Waals surface area contributed by atoms with Crippen LogP contribution < -0.4 is 10.6 Å². The molecule has 1 aromatic rings. The van der Waals surface area contributed by atoms with Crippen molar-refractivity contribution in [3.8, 4) is 0 Å². The summed E-state index contributed by atoms with van der Waals surface area (Å²) >= 11 is 0. The number of aliphatic hydroxyl groups is 1. The Labute approximate surface area is 116 Å². The smallest absolute Gasteiger partial charge is 0.0608 e. The topological polar surface area (TPSA) is 44.3 Å². The van der Waals surface area contributed by atoms with Crippen LogP contribution in [-0.4, -0.2) is 37.4 Å². The molecule has 3 rings (SSSR count). The molecule has 1 aliphatic heterocycles. The fourth-order valence-corrected chi connectivity index (χ4v) is 2.80. The van der Waals surface area contributed by atoms with Gasteiger partial charge in [0.25, 0.3) is 0 Å². The second-order valence-electron chi connectivity index (χ2n) is 5.37. The number of rotatable bonds is 1. The predicted octanol–water partition coefficient (Wildman–Crippen LogP) is 1.88. The van der Waals surface area contributed by atoms with E-state index in [1.54, 1.807) is 0 Å². The van der Waals surface area contributed by atoms with Crippen molar-refractivity contribution in [1.29, 1.82) is 0 Å². The van der Waals surface area contributed by atoms with Gasteiger partial charge < -0.3 is 15.7 Å². The Hall–Kier alpha value is -0.900. The van der Waals surface area contributed by atoms with Crippen LogP contribution in [0.1, 0.15) is 37.2 Å². The van der Waals surface area contributed by atoms with E-state index in [2.05, 4.69) is 34.9 Å². The Bertz CT molecular complexity index is 326. The van der Waals surface area contributed by atoms with Gasteiger partial charge in [0, 0.05) is 32.1 Å². The van der Waals surface area contributed by atoms with Crippen molar-refractivity contribution in [3.63, 3.8) is 0 Å². The maximum absolute atomic E-state index is 9.82. The maximum atomic E-state index is 9.82. The molecule has 0 aromatic heterocycles. The van der Waals surface area contributed by atoms with Crippen molar-refractivity contribution in [2.24, 2.45) is 0 Å². The normalized spacial score (nSPS) is 27.2. The number of hydrogen-bond acceptors (Lipinski definition) is 3. The molecule has 0 radical (unpaired) electrons. The third-order valence-corrected chi connectivity index (χ3v) is 3.91. The third kappa shape index (κ3) is 4.94. The van der Waals surface area contributed by atoms with Crippen LogP contribution in [0, 0.1) is 0 Å². The van der Waals surface area contributed by atoms with E-state index in [1.807, 2.05) is 6.07 Å². The minimum Gasteiger partial charge on any atom is -0.392 e. The molecule has 2 atom stereocenters. The van der Waals surface area contributed by atoms with E-state index in [0.717, 1.165) is 39.0 Å². The zero-order chi connectivity index (χ0) is 13.3. The molecular weight excluding hydrogens is 236 g/mol. The van der Waals surface area contributed by atoms with Gasteiger partial charge in [-0.15, -0.1) is 0 Å². The second-order valence-corrected chi connectivity index (χ2v) is 5.37. The molecule has 3 nitrogen and oxygen atoms in total. The highest BCUT2D eigenvalue weighted by molar-refractivity contribution is 5.21. The predicted molar refractivity (Wildman–Crippen MR) is 79.4 cm³/mol. The van der Waals surface area contributed by atoms with Crippen molar-refractivity contribution in [2.45, 2.75) is 37.7 Å². The van der Waals surface area contributed by atoms with Gasteiger partial charge in [-0.05, 0) is 18.4 Å². The van der Waals surface area contributed by atoms with E-state index in [0.29, 0.717) is 5.92 Å². The Kier molecular flexibility index (Phi) is 6.34. The monoisotopic (exact) mass is 262 g/mol. The summed E-state index contributed by atoms with van der Waals surface area (Å²) in [5.41, 5.74) is 1.30. The Morgan fingerprint density at radius 1 is 0.842 bits per heavy atom. The zero-order valence-corrected chi connectivity index (χ0v) is 11.6. The van der Waals surface area contributed by atoms with Crippen LogP contribution in [-0.2, 0) is 0 Å². The first-order valence-corrected chi connectivity index (χ1v) is 7.52. The number of nitrogens with one attached hydrogen (secondary N) is 2. The molecule has 0 bridgehead atoms. The van der Waals surface area contributed by atoms with Gasteiger partial charge >= 0.3 is 0 Å². The van der Waals surface area contributed by atoms with Gasteiger partial charge in [0.2, 0.25) is 0 Å². The van der Waals surface area contributed by atoms with Crippen molar-refractivity contribution in [3.05, 3.63) is 35.9 Å². The van der Waals surface area contributed by atoms with E-state index in [4.69, 9.17) is 0 Å². The van der Waals surface area contributed by atoms with Crippen LogP contribution in [0.4, 0.5) is 0 Å². The number of hydrogen-bond donors (Lipinski definition) is 3. The average molecular weight is 262 g/mol. The summed E-state index contributed by atoms with van der Waals surface area (Å²) in [4.78, 5) is 0. The summed E-state index contributed by atoms with van der Waals surface area (Å²) in [5, 5.41) is 16.3. The van der Waals surface area contributed by atoms with Crippen LogP contribution in [0.2, 0.25) is 0 Å². The lowest BCUT2D eigenvalue weighted by atomic mass is 9.82. The lowest BCUT2D eigenvalue weighted by Crippen LogP contribution is -2.39.